The van der Waals surface area contributed by atoms with E-state index in [9.17, 15) is 0 Å². The maximum Gasteiger partial charge on any atom is 0.164 e. The molecule has 1 aliphatic carbocycles. The largest absolute Gasteiger partial charge is 0.457 e. The van der Waals surface area contributed by atoms with Crippen LogP contribution in [0.2, 0.25) is 0 Å². The lowest BCUT2D eigenvalue weighted by Crippen LogP contribution is -2.32. The molecule has 12 rings (SSSR count). The van der Waals surface area contributed by atoms with Crippen LogP contribution in [-0.4, -0.2) is 19.9 Å². The van der Waals surface area contributed by atoms with Gasteiger partial charge in [-0.1, -0.05) is 188 Å². The second-order valence-electron chi connectivity index (χ2n) is 15.8. The van der Waals surface area contributed by atoms with Crippen LogP contribution in [0.3, 0.4) is 0 Å². The van der Waals surface area contributed by atoms with E-state index in [0.717, 1.165) is 72.7 Å². The molecule has 0 amide bonds. The highest BCUT2D eigenvalue weighted by atomic mass is 16.5. The number of rotatable bonds is 6. The molecule has 290 valence electrons. The summed E-state index contributed by atoms with van der Waals surface area (Å²) < 4.78 is 6.58. The van der Waals surface area contributed by atoms with Crippen molar-refractivity contribution in [3.63, 3.8) is 0 Å². The summed E-state index contributed by atoms with van der Waals surface area (Å²) >= 11 is 0. The second kappa shape index (κ2) is 14.5. The minimum Gasteiger partial charge on any atom is -0.457 e. The standard InChI is InChI=1S/C57H36N4O/c1-2-12-42(13-3-1)54-59-55(43-33-31-40(32-34-43)38-25-23-37(24-26-38)39-27-29-41(30-28-39)44-14-11-35-58-36-44)61-56(60-54)46-16-10-20-50-53(46)45-15-4-5-17-47(45)57(50)48-18-6-8-21-51(48)62-52-22-9-7-19-49(52)57/h1-36H. The van der Waals surface area contributed by atoms with Gasteiger partial charge in [0.05, 0.1) is 5.41 Å². The van der Waals surface area contributed by atoms with Crippen molar-refractivity contribution in [3.05, 3.63) is 241 Å². The molecule has 5 heteroatoms. The van der Waals surface area contributed by atoms with Crippen LogP contribution in [0.25, 0.3) is 78.7 Å². The van der Waals surface area contributed by atoms with Crippen molar-refractivity contribution in [3.8, 4) is 90.2 Å². The van der Waals surface area contributed by atoms with Gasteiger partial charge in [-0.25, -0.2) is 15.0 Å². The number of para-hydroxylation sites is 2. The van der Waals surface area contributed by atoms with Gasteiger partial charge in [0.25, 0.3) is 0 Å². The van der Waals surface area contributed by atoms with Gasteiger partial charge >= 0.3 is 0 Å². The molecule has 0 atom stereocenters. The molecule has 8 aromatic carbocycles. The summed E-state index contributed by atoms with van der Waals surface area (Å²) in [4.78, 5) is 19.9. The fraction of sp³-hybridized carbons (Fsp3) is 0.0175. The maximum absolute atomic E-state index is 6.58. The SMILES string of the molecule is c1ccc(-c2nc(-c3ccc(-c4ccc(-c5ccc(-c6cccnc6)cc5)cc4)cc3)nc(-c3cccc4c3-c3ccccc3C43c4ccccc4Oc4ccccc43)n2)cc1. The van der Waals surface area contributed by atoms with Crippen LogP contribution < -0.4 is 4.74 Å². The Morgan fingerprint density at radius 2 is 0.742 bits per heavy atom. The molecule has 0 N–H and O–H groups in total. The van der Waals surface area contributed by atoms with Crippen LogP contribution in [0.1, 0.15) is 22.3 Å². The summed E-state index contributed by atoms with van der Waals surface area (Å²) in [5, 5.41) is 0. The van der Waals surface area contributed by atoms with E-state index in [1.165, 1.54) is 22.3 Å². The molecule has 0 saturated carbocycles. The van der Waals surface area contributed by atoms with Crippen molar-refractivity contribution in [2.45, 2.75) is 5.41 Å². The Bertz CT molecular complexity index is 3250. The lowest BCUT2D eigenvalue weighted by Gasteiger charge is -2.39. The molecule has 0 radical (unpaired) electrons. The van der Waals surface area contributed by atoms with E-state index in [2.05, 4.69) is 175 Å². The fourth-order valence-electron chi connectivity index (χ4n) is 9.49. The van der Waals surface area contributed by atoms with E-state index in [0.29, 0.717) is 17.5 Å². The third kappa shape index (κ3) is 5.70. The van der Waals surface area contributed by atoms with Crippen molar-refractivity contribution in [2.24, 2.45) is 0 Å². The average molecular weight is 793 g/mol. The van der Waals surface area contributed by atoms with E-state index in [1.54, 1.807) is 6.20 Å². The molecule has 1 spiro atoms. The molecule has 0 bridgehead atoms. The van der Waals surface area contributed by atoms with Gasteiger partial charge in [0, 0.05) is 40.2 Å². The number of ether oxygens (including phenoxy) is 1. The predicted molar refractivity (Wildman–Crippen MR) is 248 cm³/mol. The summed E-state index contributed by atoms with van der Waals surface area (Å²) in [5.41, 5.74) is 16.0. The highest BCUT2D eigenvalue weighted by Gasteiger charge is 2.51. The topological polar surface area (TPSA) is 60.8 Å². The highest BCUT2D eigenvalue weighted by Crippen LogP contribution is 2.63. The van der Waals surface area contributed by atoms with Gasteiger partial charge in [-0.3, -0.25) is 4.98 Å². The van der Waals surface area contributed by atoms with Gasteiger partial charge in [-0.05, 0) is 73.8 Å². The lowest BCUT2D eigenvalue weighted by atomic mass is 9.66. The Morgan fingerprint density at radius 3 is 1.32 bits per heavy atom. The van der Waals surface area contributed by atoms with E-state index < -0.39 is 5.41 Å². The van der Waals surface area contributed by atoms with E-state index in [1.807, 2.05) is 42.6 Å². The number of fused-ring (bicyclic) bond motifs is 9. The van der Waals surface area contributed by atoms with Crippen molar-refractivity contribution >= 4 is 0 Å². The Hall–Kier alpha value is -8.28. The summed E-state index contributed by atoms with van der Waals surface area (Å²) in [6.45, 7) is 0. The smallest absolute Gasteiger partial charge is 0.164 e. The highest BCUT2D eigenvalue weighted by molar-refractivity contribution is 5.95. The number of hydrogen-bond donors (Lipinski definition) is 0. The molecule has 62 heavy (non-hydrogen) atoms. The summed E-state index contributed by atoms with van der Waals surface area (Å²) in [6.07, 6.45) is 3.69. The molecule has 2 aromatic heterocycles. The Kier molecular flexibility index (Phi) is 8.32. The average Bonchev–Trinajstić information content (AvgIpc) is 3.65. The first-order chi connectivity index (χ1) is 30.7. The summed E-state index contributed by atoms with van der Waals surface area (Å²) in [5.74, 6) is 3.59. The van der Waals surface area contributed by atoms with Crippen molar-refractivity contribution in [2.75, 3.05) is 0 Å². The molecule has 0 fully saturated rings. The fourth-order valence-corrected chi connectivity index (χ4v) is 9.49. The predicted octanol–water partition coefficient (Wildman–Crippen LogP) is 13.7. The van der Waals surface area contributed by atoms with Crippen LogP contribution >= 0.6 is 0 Å². The number of pyridine rings is 1. The number of nitrogens with zero attached hydrogens (tertiary/aromatic N) is 4. The minimum atomic E-state index is -0.593. The van der Waals surface area contributed by atoms with Gasteiger partial charge in [0.2, 0.25) is 0 Å². The molecule has 2 aliphatic rings. The van der Waals surface area contributed by atoms with Crippen LogP contribution in [0.4, 0.5) is 0 Å². The van der Waals surface area contributed by atoms with E-state index in [-0.39, 0.29) is 0 Å². The lowest BCUT2D eigenvalue weighted by molar-refractivity contribution is 0.436. The number of hydrogen-bond acceptors (Lipinski definition) is 5. The Morgan fingerprint density at radius 1 is 0.306 bits per heavy atom. The zero-order valence-corrected chi connectivity index (χ0v) is 33.5. The second-order valence-corrected chi connectivity index (χ2v) is 15.8. The van der Waals surface area contributed by atoms with Gasteiger partial charge in [-0.2, -0.15) is 0 Å². The minimum absolute atomic E-state index is 0.593. The van der Waals surface area contributed by atoms with Gasteiger partial charge < -0.3 is 4.74 Å². The normalized spacial score (nSPS) is 12.8. The van der Waals surface area contributed by atoms with Crippen molar-refractivity contribution in [1.29, 1.82) is 0 Å². The summed E-state index contributed by atoms with van der Waals surface area (Å²) in [6, 6.07) is 72.3. The van der Waals surface area contributed by atoms with Gasteiger partial charge in [0.15, 0.2) is 17.5 Å². The quantitative estimate of drug-likeness (QED) is 0.168. The third-order valence-corrected chi connectivity index (χ3v) is 12.4. The zero-order valence-electron chi connectivity index (χ0n) is 33.5. The van der Waals surface area contributed by atoms with E-state index >= 15 is 0 Å². The molecular weight excluding hydrogens is 757 g/mol. The molecule has 5 nitrogen and oxygen atoms in total. The van der Waals surface area contributed by atoms with Gasteiger partial charge in [-0.15, -0.1) is 0 Å². The molecule has 0 unspecified atom stereocenters. The van der Waals surface area contributed by atoms with Crippen LogP contribution in [0.15, 0.2) is 219 Å². The molecule has 0 saturated heterocycles. The Balaban J connectivity index is 0.948. The summed E-state index contributed by atoms with van der Waals surface area (Å²) in [7, 11) is 0. The monoisotopic (exact) mass is 792 g/mol. The first-order valence-electron chi connectivity index (χ1n) is 20.9. The van der Waals surface area contributed by atoms with Crippen LogP contribution in [0, 0.1) is 0 Å². The van der Waals surface area contributed by atoms with Gasteiger partial charge in [0.1, 0.15) is 11.5 Å². The van der Waals surface area contributed by atoms with Crippen LogP contribution in [-0.2, 0) is 5.41 Å². The molecule has 3 heterocycles. The van der Waals surface area contributed by atoms with Crippen molar-refractivity contribution in [1.82, 2.24) is 19.9 Å². The van der Waals surface area contributed by atoms with E-state index in [4.69, 9.17) is 19.7 Å². The van der Waals surface area contributed by atoms with Crippen LogP contribution in [0.5, 0.6) is 11.5 Å². The maximum atomic E-state index is 6.58. The number of aromatic nitrogens is 4. The number of benzene rings is 8. The Labute approximate surface area is 359 Å². The molecule has 1 aliphatic heterocycles. The third-order valence-electron chi connectivity index (χ3n) is 12.4. The first-order valence-corrected chi connectivity index (χ1v) is 20.9. The zero-order chi connectivity index (χ0) is 41.0. The molecular formula is C57H36N4O. The van der Waals surface area contributed by atoms with Crippen molar-refractivity contribution < 1.29 is 4.74 Å². The first kappa shape index (κ1) is 35.6. The molecule has 10 aromatic rings.